The van der Waals surface area contributed by atoms with Crippen molar-refractivity contribution < 1.29 is 33.8 Å². The summed E-state index contributed by atoms with van der Waals surface area (Å²) < 4.78 is 5.10. The Balaban J connectivity index is 0.00000562. The molecule has 1 aromatic carbocycles. The van der Waals surface area contributed by atoms with Crippen LogP contribution >= 0.6 is 0 Å². The highest BCUT2D eigenvalue weighted by molar-refractivity contribution is 5.97. The Labute approximate surface area is 255 Å². The van der Waals surface area contributed by atoms with Gasteiger partial charge in [-0.25, -0.2) is 9.59 Å². The van der Waals surface area contributed by atoms with Crippen LogP contribution in [0.25, 0.3) is 0 Å². The fourth-order valence-electron chi connectivity index (χ4n) is 3.91. The number of likely N-dealkylation sites (N-methyl/N-ethyl adjacent to an activating group) is 1. The second kappa shape index (κ2) is 20.1. The van der Waals surface area contributed by atoms with Gasteiger partial charge in [0.2, 0.25) is 11.8 Å². The zero-order valence-electron chi connectivity index (χ0n) is 26.9. The van der Waals surface area contributed by atoms with Crippen LogP contribution in [0.1, 0.15) is 73.3 Å². The Morgan fingerprint density at radius 1 is 1.02 bits per heavy atom. The molecule has 1 rings (SSSR count). The lowest BCUT2D eigenvalue weighted by Gasteiger charge is -2.27. The lowest BCUT2D eigenvalue weighted by atomic mass is 10.0. The van der Waals surface area contributed by atoms with Crippen molar-refractivity contribution in [1.29, 1.82) is 0 Å². The number of rotatable bonds is 15. The van der Waals surface area contributed by atoms with Gasteiger partial charge in [0.25, 0.3) is 0 Å². The Kier molecular flexibility index (Phi) is 18.3. The maximum absolute atomic E-state index is 13.0. The van der Waals surface area contributed by atoms with Gasteiger partial charge in [-0.05, 0) is 70.7 Å². The van der Waals surface area contributed by atoms with Crippen LogP contribution in [0, 0.1) is 5.92 Å². The third-order valence-electron chi connectivity index (χ3n) is 5.75. The summed E-state index contributed by atoms with van der Waals surface area (Å²) in [7, 11) is 1.78. The van der Waals surface area contributed by atoms with E-state index in [-0.39, 0.29) is 25.4 Å². The van der Waals surface area contributed by atoms with Crippen LogP contribution in [0.3, 0.4) is 0 Å². The molecule has 0 fully saturated rings. The van der Waals surface area contributed by atoms with Gasteiger partial charge in [-0.2, -0.15) is 0 Å². The van der Waals surface area contributed by atoms with E-state index in [9.17, 15) is 29.1 Å². The van der Waals surface area contributed by atoms with Crippen LogP contribution in [0.5, 0.6) is 0 Å². The number of alkyl carbamates (subject to hydrolysis) is 1. The first kappa shape index (κ1) is 39.1. The van der Waals surface area contributed by atoms with Gasteiger partial charge in [-0.3, -0.25) is 19.3 Å². The highest BCUT2D eigenvalue weighted by atomic mass is 16.6. The standard InChI is InChI=1S/C27H44N6O7.C3H8/c1-17(2)22(24(36)37)33(6)15-13-18-9-11-19(12-10-18)31-23(35)20(8-7-14-29-25(28)38)32-21(34)16-30-26(39)40-27(3,4)5;1-3-2/h9-12,17,20,22H,7-8,13-16H2,1-6H3,(H,30,39)(H,31,35)(H,32,34)(H,36,37)(H3,28,29,38);3H2,1-2H3/t20-,22?;/m0./s1. The van der Waals surface area contributed by atoms with Gasteiger partial charge in [0.05, 0.1) is 0 Å². The molecule has 0 spiro atoms. The Bertz CT molecular complexity index is 1020. The molecule has 0 radical (unpaired) electrons. The average Bonchev–Trinajstić information content (AvgIpc) is 2.87. The van der Waals surface area contributed by atoms with Crippen molar-refractivity contribution in [2.45, 2.75) is 91.8 Å². The quantitative estimate of drug-likeness (QED) is 0.164. The number of anilines is 1. The molecule has 1 aromatic rings. The first-order valence-corrected chi connectivity index (χ1v) is 14.6. The number of carbonyl (C=O) groups is 5. The average molecular weight is 609 g/mol. The number of hydrogen-bond donors (Lipinski definition) is 6. The third-order valence-corrected chi connectivity index (χ3v) is 5.75. The molecule has 0 heterocycles. The van der Waals surface area contributed by atoms with Crippen molar-refractivity contribution in [3.8, 4) is 0 Å². The number of benzene rings is 1. The highest BCUT2D eigenvalue weighted by Gasteiger charge is 2.26. The van der Waals surface area contributed by atoms with Gasteiger partial charge in [0, 0.05) is 18.8 Å². The summed E-state index contributed by atoms with van der Waals surface area (Å²) in [6.45, 7) is 13.4. The van der Waals surface area contributed by atoms with E-state index in [4.69, 9.17) is 10.5 Å². The summed E-state index contributed by atoms with van der Waals surface area (Å²) in [5.41, 5.74) is 5.82. The second-order valence-electron chi connectivity index (χ2n) is 11.6. The Hall–Kier alpha value is -3.87. The van der Waals surface area contributed by atoms with Crippen molar-refractivity contribution >= 4 is 35.6 Å². The number of nitrogens with zero attached hydrogens (tertiary/aromatic N) is 1. The van der Waals surface area contributed by atoms with Gasteiger partial charge >= 0.3 is 18.1 Å². The minimum atomic E-state index is -0.945. The molecule has 244 valence electrons. The molecule has 43 heavy (non-hydrogen) atoms. The first-order valence-electron chi connectivity index (χ1n) is 14.6. The molecule has 0 aliphatic carbocycles. The molecule has 13 heteroatoms. The van der Waals surface area contributed by atoms with Gasteiger partial charge in [0.1, 0.15) is 24.2 Å². The Morgan fingerprint density at radius 3 is 2.09 bits per heavy atom. The molecule has 0 saturated carbocycles. The van der Waals surface area contributed by atoms with Crippen molar-refractivity contribution in [1.82, 2.24) is 20.9 Å². The topological polar surface area (TPSA) is 192 Å². The number of ether oxygens (including phenoxy) is 1. The molecule has 0 aliphatic rings. The van der Waals surface area contributed by atoms with Crippen molar-refractivity contribution in [2.75, 3.05) is 32.0 Å². The van der Waals surface area contributed by atoms with Gasteiger partial charge in [0.15, 0.2) is 0 Å². The number of hydrogen-bond acceptors (Lipinski definition) is 7. The third kappa shape index (κ3) is 18.3. The molecule has 0 bridgehead atoms. The zero-order valence-corrected chi connectivity index (χ0v) is 26.9. The van der Waals surface area contributed by atoms with E-state index >= 15 is 0 Å². The number of carbonyl (C=O) groups excluding carboxylic acids is 4. The minimum absolute atomic E-state index is 0.0341. The van der Waals surface area contributed by atoms with Crippen LogP contribution in [0.4, 0.5) is 15.3 Å². The minimum Gasteiger partial charge on any atom is -0.480 e. The fraction of sp³-hybridized carbons (Fsp3) is 0.633. The summed E-state index contributed by atoms with van der Waals surface area (Å²) in [6, 6.07) is 4.90. The van der Waals surface area contributed by atoms with E-state index in [1.807, 2.05) is 26.0 Å². The Morgan fingerprint density at radius 2 is 1.60 bits per heavy atom. The number of primary amides is 1. The molecule has 5 amide bonds. The maximum Gasteiger partial charge on any atom is 0.408 e. The number of nitrogens with two attached hydrogens (primary N) is 1. The van der Waals surface area contributed by atoms with E-state index < -0.39 is 47.6 Å². The molecule has 1 unspecified atom stereocenters. The number of urea groups is 1. The van der Waals surface area contributed by atoms with Crippen molar-refractivity contribution in [3.05, 3.63) is 29.8 Å². The molecule has 7 N–H and O–H groups in total. The molecule has 0 aromatic heterocycles. The van der Waals surface area contributed by atoms with E-state index in [0.717, 1.165) is 5.56 Å². The number of amides is 5. The second-order valence-corrected chi connectivity index (χ2v) is 11.6. The van der Waals surface area contributed by atoms with Gasteiger partial charge in [-0.15, -0.1) is 0 Å². The van der Waals surface area contributed by atoms with E-state index in [1.54, 1.807) is 44.9 Å². The van der Waals surface area contributed by atoms with Crippen LogP contribution in [0.2, 0.25) is 0 Å². The SMILES string of the molecule is CC(C)C(C(=O)O)N(C)CCc1ccc(NC(=O)[C@H](CCCNC(N)=O)NC(=O)CNC(=O)OC(C)(C)C)cc1.CCC. The molecule has 2 atom stereocenters. The van der Waals surface area contributed by atoms with Crippen molar-refractivity contribution in [2.24, 2.45) is 11.7 Å². The number of carboxylic acid groups (broad SMARTS) is 1. The van der Waals surface area contributed by atoms with Crippen LogP contribution in [-0.2, 0) is 25.5 Å². The van der Waals surface area contributed by atoms with Crippen LogP contribution < -0.4 is 27.0 Å². The zero-order chi connectivity index (χ0) is 33.2. The van der Waals surface area contributed by atoms with Gasteiger partial charge in [-0.1, -0.05) is 46.2 Å². The highest BCUT2D eigenvalue weighted by Crippen LogP contribution is 2.14. The largest absolute Gasteiger partial charge is 0.480 e. The predicted octanol–water partition coefficient (Wildman–Crippen LogP) is 3.08. The number of carboxylic acids is 1. The lowest BCUT2D eigenvalue weighted by molar-refractivity contribution is -0.144. The van der Waals surface area contributed by atoms with E-state index in [2.05, 4.69) is 35.1 Å². The summed E-state index contributed by atoms with van der Waals surface area (Å²) in [5, 5.41) is 19.6. The monoisotopic (exact) mass is 608 g/mol. The van der Waals surface area contributed by atoms with Crippen LogP contribution in [0.15, 0.2) is 24.3 Å². The lowest BCUT2D eigenvalue weighted by Crippen LogP contribution is -2.48. The maximum atomic E-state index is 13.0. The summed E-state index contributed by atoms with van der Waals surface area (Å²) >= 11 is 0. The molecule has 0 aliphatic heterocycles. The van der Waals surface area contributed by atoms with E-state index in [1.165, 1.54) is 6.42 Å². The first-order chi connectivity index (χ1) is 20.0. The van der Waals surface area contributed by atoms with Crippen molar-refractivity contribution in [3.63, 3.8) is 0 Å². The molecule has 13 nitrogen and oxygen atoms in total. The normalized spacial score (nSPS) is 12.3. The smallest absolute Gasteiger partial charge is 0.408 e. The fourth-order valence-corrected chi connectivity index (χ4v) is 3.91. The van der Waals surface area contributed by atoms with Gasteiger partial charge < -0.3 is 36.8 Å². The number of aliphatic carboxylic acids is 1. The number of nitrogens with one attached hydrogen (secondary N) is 4. The van der Waals surface area contributed by atoms with Crippen LogP contribution in [-0.4, -0.2) is 84.3 Å². The summed E-state index contributed by atoms with van der Waals surface area (Å²) in [5.74, 6) is -1.95. The summed E-state index contributed by atoms with van der Waals surface area (Å²) in [4.78, 5) is 61.5. The van der Waals surface area contributed by atoms with E-state index in [0.29, 0.717) is 25.1 Å². The predicted molar refractivity (Wildman–Crippen MR) is 167 cm³/mol. The molecule has 0 saturated heterocycles. The molecular formula is C30H52N6O7. The summed E-state index contributed by atoms with van der Waals surface area (Å²) in [6.07, 6.45) is 1.68. The molecular weight excluding hydrogens is 556 g/mol.